The monoisotopic (exact) mass is 508 g/mol. The Morgan fingerprint density at radius 1 is 0.548 bits per heavy atom. The number of hydrogen-bond donors (Lipinski definition) is 2. The molecule has 31 heavy (non-hydrogen) atoms. The Morgan fingerprint density at radius 2 is 0.935 bits per heavy atom. The van der Waals surface area contributed by atoms with E-state index in [1.165, 1.54) is 0 Å². The first kappa shape index (κ1) is 21.1. The van der Waals surface area contributed by atoms with Crippen molar-refractivity contribution in [1.82, 2.24) is 19.9 Å². The van der Waals surface area contributed by atoms with Crippen molar-refractivity contribution in [2.75, 3.05) is 10.6 Å². The lowest BCUT2D eigenvalue weighted by Crippen LogP contribution is -1.90. The van der Waals surface area contributed by atoms with Crippen LogP contribution < -0.4 is 10.6 Å². The van der Waals surface area contributed by atoms with Gasteiger partial charge < -0.3 is 10.6 Å². The van der Waals surface area contributed by atoms with Crippen LogP contribution in [0, 0.1) is 0 Å². The lowest BCUT2D eigenvalue weighted by Gasteiger charge is -2.02. The number of rotatable bonds is 6. The molecule has 0 unspecified atom stereocenters. The first-order chi connectivity index (χ1) is 14.8. The average molecular weight is 509 g/mol. The van der Waals surface area contributed by atoms with Gasteiger partial charge in [-0.15, -0.1) is 39.7 Å². The second-order valence-corrected chi connectivity index (χ2v) is 8.09. The van der Waals surface area contributed by atoms with E-state index in [-0.39, 0.29) is 17.0 Å². The highest BCUT2D eigenvalue weighted by atomic mass is 79.9. The fraction of sp³-hybridized carbons (Fsp3) is 0. The Bertz CT molecular complexity index is 1140. The molecule has 0 spiro atoms. The lowest BCUT2D eigenvalue weighted by molar-refractivity contribution is 1.31. The summed E-state index contributed by atoms with van der Waals surface area (Å²) in [6, 6.07) is 16.0. The van der Waals surface area contributed by atoms with Crippen molar-refractivity contribution in [3.8, 4) is 22.5 Å². The standard InChI is InChI=1S/C22H16N6S2.BrH/c1-2-16(20-14-30-22(28-20)26-18-7-11-24-12-8-18)4-3-15(1)19-13-29-21(27-19)25-17-5-9-23-10-6-17;/h1-14H,(H,23,25,27)(H,24,26,28);1H. The highest BCUT2D eigenvalue weighted by molar-refractivity contribution is 8.93. The molecular weight excluding hydrogens is 492 g/mol. The summed E-state index contributed by atoms with van der Waals surface area (Å²) in [5.41, 5.74) is 5.98. The van der Waals surface area contributed by atoms with Crippen LogP contribution in [0.2, 0.25) is 0 Å². The van der Waals surface area contributed by atoms with E-state index in [2.05, 4.69) is 65.6 Å². The molecule has 0 amide bonds. The fourth-order valence-corrected chi connectivity index (χ4v) is 4.34. The first-order valence-electron chi connectivity index (χ1n) is 9.19. The van der Waals surface area contributed by atoms with Crippen molar-refractivity contribution in [2.24, 2.45) is 0 Å². The summed E-state index contributed by atoms with van der Waals surface area (Å²) in [4.78, 5) is 17.4. The molecule has 0 bridgehead atoms. The van der Waals surface area contributed by atoms with E-state index in [0.29, 0.717) is 0 Å². The molecule has 0 atom stereocenters. The number of nitrogens with zero attached hydrogens (tertiary/aromatic N) is 4. The van der Waals surface area contributed by atoms with Crippen molar-refractivity contribution in [3.63, 3.8) is 0 Å². The number of benzene rings is 1. The molecule has 2 N–H and O–H groups in total. The van der Waals surface area contributed by atoms with Gasteiger partial charge >= 0.3 is 0 Å². The molecule has 0 radical (unpaired) electrons. The molecule has 4 aromatic heterocycles. The normalized spacial score (nSPS) is 10.3. The van der Waals surface area contributed by atoms with Gasteiger partial charge in [0.15, 0.2) is 10.3 Å². The molecule has 0 aliphatic carbocycles. The quantitative estimate of drug-likeness (QED) is 0.263. The van der Waals surface area contributed by atoms with E-state index < -0.39 is 0 Å². The van der Waals surface area contributed by atoms with Crippen LogP contribution in [-0.4, -0.2) is 19.9 Å². The molecule has 9 heteroatoms. The van der Waals surface area contributed by atoms with Gasteiger partial charge in [-0.25, -0.2) is 9.97 Å². The second-order valence-electron chi connectivity index (χ2n) is 6.37. The third-order valence-corrected chi connectivity index (χ3v) is 5.86. The minimum Gasteiger partial charge on any atom is -0.331 e. The maximum absolute atomic E-state index is 4.69. The highest BCUT2D eigenvalue weighted by Gasteiger charge is 2.08. The Kier molecular flexibility index (Phi) is 6.66. The largest absolute Gasteiger partial charge is 0.331 e. The Hall–Kier alpha value is -3.14. The molecule has 0 fully saturated rings. The molecule has 0 saturated heterocycles. The van der Waals surface area contributed by atoms with Crippen LogP contribution in [0.5, 0.6) is 0 Å². The number of aromatic nitrogens is 4. The molecule has 6 nitrogen and oxygen atoms in total. The molecule has 4 heterocycles. The minimum atomic E-state index is 0. The van der Waals surface area contributed by atoms with E-state index >= 15 is 0 Å². The van der Waals surface area contributed by atoms with Crippen LogP contribution >= 0.6 is 39.7 Å². The molecular formula is C22H17BrN6S2. The average Bonchev–Trinajstić information content (AvgIpc) is 3.45. The summed E-state index contributed by atoms with van der Waals surface area (Å²) >= 11 is 3.16. The highest BCUT2D eigenvalue weighted by Crippen LogP contribution is 2.30. The van der Waals surface area contributed by atoms with E-state index in [1.54, 1.807) is 47.5 Å². The minimum absolute atomic E-state index is 0. The summed E-state index contributed by atoms with van der Waals surface area (Å²) in [6.07, 6.45) is 7.02. The maximum atomic E-state index is 4.69. The van der Waals surface area contributed by atoms with Gasteiger partial charge in [-0.1, -0.05) is 24.3 Å². The zero-order valence-electron chi connectivity index (χ0n) is 16.1. The van der Waals surface area contributed by atoms with E-state index in [4.69, 9.17) is 0 Å². The number of pyridine rings is 2. The number of hydrogen-bond acceptors (Lipinski definition) is 8. The van der Waals surface area contributed by atoms with Crippen molar-refractivity contribution < 1.29 is 0 Å². The Labute approximate surface area is 197 Å². The van der Waals surface area contributed by atoms with Crippen LogP contribution in [0.4, 0.5) is 21.6 Å². The third-order valence-electron chi connectivity index (χ3n) is 4.35. The van der Waals surface area contributed by atoms with Crippen LogP contribution in [0.1, 0.15) is 0 Å². The van der Waals surface area contributed by atoms with E-state index in [9.17, 15) is 0 Å². The maximum Gasteiger partial charge on any atom is 0.187 e. The summed E-state index contributed by atoms with van der Waals surface area (Å²) in [5, 5.41) is 12.4. The predicted octanol–water partition coefficient (Wildman–Crippen LogP) is 6.79. The van der Waals surface area contributed by atoms with E-state index in [0.717, 1.165) is 44.2 Å². The molecule has 5 rings (SSSR count). The van der Waals surface area contributed by atoms with E-state index in [1.807, 2.05) is 24.3 Å². The summed E-state index contributed by atoms with van der Waals surface area (Å²) < 4.78 is 0. The second kappa shape index (κ2) is 9.78. The molecule has 1 aromatic carbocycles. The van der Waals surface area contributed by atoms with Crippen LogP contribution in [-0.2, 0) is 0 Å². The van der Waals surface area contributed by atoms with Crippen molar-refractivity contribution in [1.29, 1.82) is 0 Å². The Morgan fingerprint density at radius 3 is 1.32 bits per heavy atom. The summed E-state index contributed by atoms with van der Waals surface area (Å²) in [5.74, 6) is 0. The molecule has 5 aromatic rings. The number of nitrogens with one attached hydrogen (secondary N) is 2. The predicted molar refractivity (Wildman–Crippen MR) is 134 cm³/mol. The lowest BCUT2D eigenvalue weighted by atomic mass is 10.1. The van der Waals surface area contributed by atoms with Gasteiger partial charge in [-0.2, -0.15) is 0 Å². The molecule has 0 aliphatic rings. The Balaban J connectivity index is 0.00000231. The third kappa shape index (κ3) is 5.13. The van der Waals surface area contributed by atoms with Gasteiger partial charge in [0, 0.05) is 58.0 Å². The number of anilines is 4. The molecule has 154 valence electrons. The van der Waals surface area contributed by atoms with Crippen molar-refractivity contribution in [2.45, 2.75) is 0 Å². The first-order valence-corrected chi connectivity index (χ1v) is 11.0. The van der Waals surface area contributed by atoms with Gasteiger partial charge in [0.1, 0.15) is 0 Å². The van der Waals surface area contributed by atoms with Gasteiger partial charge in [-0.05, 0) is 24.3 Å². The van der Waals surface area contributed by atoms with Gasteiger partial charge in [-0.3, -0.25) is 9.97 Å². The van der Waals surface area contributed by atoms with Crippen molar-refractivity contribution in [3.05, 3.63) is 84.1 Å². The molecule has 0 saturated carbocycles. The van der Waals surface area contributed by atoms with Gasteiger partial charge in [0.2, 0.25) is 0 Å². The van der Waals surface area contributed by atoms with Gasteiger partial charge in [0.05, 0.1) is 11.4 Å². The number of halogens is 1. The summed E-state index contributed by atoms with van der Waals surface area (Å²) in [7, 11) is 0. The van der Waals surface area contributed by atoms with Crippen molar-refractivity contribution >= 4 is 61.3 Å². The van der Waals surface area contributed by atoms with Crippen LogP contribution in [0.15, 0.2) is 84.1 Å². The SMILES string of the molecule is Br.c1cc(Nc2nc(-c3ccc(-c4csc(Nc5ccncc5)n4)cc3)cs2)ccn1. The fourth-order valence-electron chi connectivity index (χ4n) is 2.86. The van der Waals surface area contributed by atoms with Crippen LogP contribution in [0.25, 0.3) is 22.5 Å². The number of thiazole rings is 2. The summed E-state index contributed by atoms with van der Waals surface area (Å²) in [6.45, 7) is 0. The molecule has 0 aliphatic heterocycles. The zero-order chi connectivity index (χ0) is 20.2. The zero-order valence-corrected chi connectivity index (χ0v) is 19.4. The smallest absolute Gasteiger partial charge is 0.187 e. The topological polar surface area (TPSA) is 75.6 Å². The van der Waals surface area contributed by atoms with Gasteiger partial charge in [0.25, 0.3) is 0 Å². The van der Waals surface area contributed by atoms with Crippen LogP contribution in [0.3, 0.4) is 0 Å².